The van der Waals surface area contributed by atoms with E-state index in [-0.39, 0.29) is 12.1 Å². The highest BCUT2D eigenvalue weighted by Crippen LogP contribution is 2.34. The topological polar surface area (TPSA) is 51.2 Å². The van der Waals surface area contributed by atoms with Gasteiger partial charge in [0.25, 0.3) is 0 Å². The minimum atomic E-state index is -0.436. The molecule has 1 saturated carbocycles. The zero-order valence-corrected chi connectivity index (χ0v) is 13.5. The lowest BCUT2D eigenvalue weighted by molar-refractivity contribution is 0.0491. The van der Waals surface area contributed by atoms with Crippen LogP contribution in [0, 0.1) is 6.92 Å². The summed E-state index contributed by atoms with van der Waals surface area (Å²) in [6.45, 7) is 7.79. The molecule has 2 rings (SSSR count). The Kier molecular flexibility index (Phi) is 4.86. The number of alkyl carbamates (subject to hydrolysis) is 1. The molecule has 1 aromatic rings. The van der Waals surface area contributed by atoms with Gasteiger partial charge in [-0.3, -0.25) is 4.98 Å². The van der Waals surface area contributed by atoms with E-state index in [9.17, 15) is 4.79 Å². The monoisotopic (exact) mass is 290 g/mol. The molecule has 4 nitrogen and oxygen atoms in total. The van der Waals surface area contributed by atoms with Crippen LogP contribution in [0.2, 0.25) is 0 Å². The first-order valence-electron chi connectivity index (χ1n) is 7.75. The Labute approximate surface area is 127 Å². The van der Waals surface area contributed by atoms with Crippen molar-refractivity contribution in [3.8, 4) is 0 Å². The lowest BCUT2D eigenvalue weighted by Gasteiger charge is -2.30. The first-order chi connectivity index (χ1) is 9.85. The van der Waals surface area contributed by atoms with E-state index in [4.69, 9.17) is 4.74 Å². The fourth-order valence-electron chi connectivity index (χ4n) is 2.93. The molecule has 116 valence electrons. The molecule has 0 aliphatic heterocycles. The zero-order valence-electron chi connectivity index (χ0n) is 13.5. The van der Waals surface area contributed by atoms with Gasteiger partial charge in [-0.15, -0.1) is 0 Å². The fraction of sp³-hybridized carbons (Fsp3) is 0.647. The summed E-state index contributed by atoms with van der Waals surface area (Å²) in [6, 6.07) is 2.30. The number of hydrogen-bond acceptors (Lipinski definition) is 3. The molecular weight excluding hydrogens is 264 g/mol. The van der Waals surface area contributed by atoms with Crippen molar-refractivity contribution in [3.05, 3.63) is 29.6 Å². The van der Waals surface area contributed by atoms with Crippen LogP contribution >= 0.6 is 0 Å². The van der Waals surface area contributed by atoms with E-state index in [0.29, 0.717) is 5.92 Å². The third-order valence-electron chi connectivity index (χ3n) is 3.97. The lowest BCUT2D eigenvalue weighted by Crippen LogP contribution is -2.40. The second-order valence-electron chi connectivity index (χ2n) is 6.93. The number of nitrogens with zero attached hydrogens (tertiary/aromatic N) is 1. The Hall–Kier alpha value is -1.58. The van der Waals surface area contributed by atoms with Crippen LogP contribution in [0.1, 0.15) is 63.5 Å². The maximum atomic E-state index is 11.8. The lowest BCUT2D eigenvalue weighted by atomic mass is 9.81. The van der Waals surface area contributed by atoms with Crippen LogP contribution in [0.3, 0.4) is 0 Å². The van der Waals surface area contributed by atoms with E-state index in [1.165, 1.54) is 11.1 Å². The number of ether oxygens (including phenoxy) is 1. The first kappa shape index (κ1) is 15.8. The Bertz CT molecular complexity index is 486. The maximum Gasteiger partial charge on any atom is 0.407 e. The van der Waals surface area contributed by atoms with Crippen molar-refractivity contribution in [2.75, 3.05) is 0 Å². The fourth-order valence-corrected chi connectivity index (χ4v) is 2.93. The minimum Gasteiger partial charge on any atom is -0.444 e. The average molecular weight is 290 g/mol. The van der Waals surface area contributed by atoms with E-state index in [2.05, 4.69) is 23.3 Å². The molecule has 0 saturated heterocycles. The molecule has 0 bridgehead atoms. The number of nitrogens with one attached hydrogen (secondary N) is 1. The SMILES string of the molecule is Cc1ccncc1C1CCC(NC(=O)OC(C)(C)C)CC1. The molecular formula is C17H26N2O2. The summed E-state index contributed by atoms with van der Waals surface area (Å²) in [6.07, 6.45) is 7.70. The summed E-state index contributed by atoms with van der Waals surface area (Å²) in [7, 11) is 0. The normalized spacial score (nSPS) is 22.7. The molecule has 0 radical (unpaired) electrons. The van der Waals surface area contributed by atoms with Gasteiger partial charge in [0, 0.05) is 18.4 Å². The van der Waals surface area contributed by atoms with Crippen LogP contribution < -0.4 is 5.32 Å². The van der Waals surface area contributed by atoms with Gasteiger partial charge in [0.05, 0.1) is 0 Å². The molecule has 0 spiro atoms. The number of aryl methyl sites for hydroxylation is 1. The molecule has 1 aliphatic rings. The van der Waals surface area contributed by atoms with Crippen molar-refractivity contribution in [1.82, 2.24) is 10.3 Å². The van der Waals surface area contributed by atoms with Gasteiger partial charge in [0.2, 0.25) is 0 Å². The molecule has 1 aromatic heterocycles. The number of carbonyl (C=O) groups excluding carboxylic acids is 1. The van der Waals surface area contributed by atoms with E-state index in [0.717, 1.165) is 25.7 Å². The van der Waals surface area contributed by atoms with Crippen LogP contribution in [0.15, 0.2) is 18.5 Å². The number of pyridine rings is 1. The number of rotatable bonds is 2. The Morgan fingerprint density at radius 2 is 1.95 bits per heavy atom. The molecule has 1 aliphatic carbocycles. The van der Waals surface area contributed by atoms with Gasteiger partial charge in [-0.2, -0.15) is 0 Å². The van der Waals surface area contributed by atoms with Crippen molar-refractivity contribution >= 4 is 6.09 Å². The van der Waals surface area contributed by atoms with Gasteiger partial charge in [-0.25, -0.2) is 4.79 Å². The third kappa shape index (κ3) is 4.73. The highest BCUT2D eigenvalue weighted by Gasteiger charge is 2.26. The van der Waals surface area contributed by atoms with Crippen molar-refractivity contribution in [2.24, 2.45) is 0 Å². The summed E-state index contributed by atoms with van der Waals surface area (Å²) in [5, 5.41) is 2.99. The maximum absolute atomic E-state index is 11.8. The summed E-state index contributed by atoms with van der Waals surface area (Å²) < 4.78 is 5.31. The van der Waals surface area contributed by atoms with Crippen molar-refractivity contribution in [2.45, 2.75) is 70.9 Å². The molecule has 21 heavy (non-hydrogen) atoms. The quantitative estimate of drug-likeness (QED) is 0.897. The van der Waals surface area contributed by atoms with Crippen molar-refractivity contribution in [1.29, 1.82) is 0 Å². The van der Waals surface area contributed by atoms with Gasteiger partial charge < -0.3 is 10.1 Å². The standard InChI is InChI=1S/C17H26N2O2/c1-12-9-10-18-11-15(12)13-5-7-14(8-6-13)19-16(20)21-17(2,3)4/h9-11,13-14H,5-8H2,1-4H3,(H,19,20). The summed E-state index contributed by atoms with van der Waals surface area (Å²) in [4.78, 5) is 16.0. The van der Waals surface area contributed by atoms with E-state index >= 15 is 0 Å². The van der Waals surface area contributed by atoms with Crippen LogP contribution in [0.4, 0.5) is 4.79 Å². The van der Waals surface area contributed by atoms with E-state index in [1.807, 2.05) is 33.2 Å². The number of amides is 1. The second-order valence-corrected chi connectivity index (χ2v) is 6.93. The smallest absolute Gasteiger partial charge is 0.407 e. The predicted molar refractivity (Wildman–Crippen MR) is 83.3 cm³/mol. The van der Waals surface area contributed by atoms with Gasteiger partial charge >= 0.3 is 6.09 Å². The summed E-state index contributed by atoms with van der Waals surface area (Å²) in [5.74, 6) is 0.565. The highest BCUT2D eigenvalue weighted by molar-refractivity contribution is 5.68. The summed E-state index contributed by atoms with van der Waals surface area (Å²) in [5.41, 5.74) is 2.23. The molecule has 0 aromatic carbocycles. The van der Waals surface area contributed by atoms with Crippen molar-refractivity contribution in [3.63, 3.8) is 0 Å². The largest absolute Gasteiger partial charge is 0.444 e. The number of aromatic nitrogens is 1. The Morgan fingerprint density at radius 1 is 1.29 bits per heavy atom. The average Bonchev–Trinajstić information content (AvgIpc) is 2.38. The molecule has 1 amide bonds. The van der Waals surface area contributed by atoms with Gasteiger partial charge in [-0.05, 0) is 76.5 Å². The van der Waals surface area contributed by atoms with Crippen LogP contribution in [-0.2, 0) is 4.74 Å². The van der Waals surface area contributed by atoms with Gasteiger partial charge in [0.1, 0.15) is 5.60 Å². The number of carbonyl (C=O) groups is 1. The number of hydrogen-bond donors (Lipinski definition) is 1. The van der Waals surface area contributed by atoms with Crippen LogP contribution in [0.25, 0.3) is 0 Å². The Balaban J connectivity index is 1.84. The van der Waals surface area contributed by atoms with Crippen LogP contribution in [-0.4, -0.2) is 22.7 Å². The Morgan fingerprint density at radius 3 is 2.52 bits per heavy atom. The molecule has 0 unspecified atom stereocenters. The molecule has 4 heteroatoms. The highest BCUT2D eigenvalue weighted by atomic mass is 16.6. The minimum absolute atomic E-state index is 0.230. The van der Waals surface area contributed by atoms with E-state index < -0.39 is 5.60 Å². The first-order valence-corrected chi connectivity index (χ1v) is 7.75. The van der Waals surface area contributed by atoms with Gasteiger partial charge in [0.15, 0.2) is 0 Å². The molecule has 1 N–H and O–H groups in total. The second kappa shape index (κ2) is 6.46. The van der Waals surface area contributed by atoms with Crippen molar-refractivity contribution < 1.29 is 9.53 Å². The molecule has 0 atom stereocenters. The van der Waals surface area contributed by atoms with E-state index in [1.54, 1.807) is 0 Å². The molecule has 1 fully saturated rings. The summed E-state index contributed by atoms with van der Waals surface area (Å²) >= 11 is 0. The van der Waals surface area contributed by atoms with Gasteiger partial charge in [-0.1, -0.05) is 0 Å². The predicted octanol–water partition coefficient (Wildman–Crippen LogP) is 3.94. The molecule has 1 heterocycles. The third-order valence-corrected chi connectivity index (χ3v) is 3.97. The van der Waals surface area contributed by atoms with Crippen LogP contribution in [0.5, 0.6) is 0 Å². The zero-order chi connectivity index (χ0) is 15.5.